The number of carbonyl (C=O) groups excluding carboxylic acids is 1. The van der Waals surface area contributed by atoms with Crippen molar-refractivity contribution >= 4 is 17.4 Å². The van der Waals surface area contributed by atoms with Gasteiger partial charge < -0.3 is 15.4 Å². The molecule has 6 heteroatoms. The second-order valence-electron chi connectivity index (χ2n) is 8.25. The second kappa shape index (κ2) is 5.74. The number of nitrogens with zero attached hydrogens (tertiary/aromatic N) is 1. The van der Waals surface area contributed by atoms with Crippen LogP contribution >= 0.6 is 11.3 Å². The molecule has 1 saturated heterocycles. The molecule has 3 atom stereocenters. The number of aromatic nitrogens is 1. The van der Waals surface area contributed by atoms with Crippen LogP contribution in [-0.4, -0.2) is 29.8 Å². The zero-order valence-electron chi connectivity index (χ0n) is 14.6. The van der Waals surface area contributed by atoms with Crippen molar-refractivity contribution in [3.63, 3.8) is 0 Å². The minimum Gasteiger partial charge on any atom is -0.377 e. The Morgan fingerprint density at radius 3 is 2.87 bits per heavy atom. The predicted molar refractivity (Wildman–Crippen MR) is 91.6 cm³/mol. The average molecular weight is 337 g/mol. The van der Waals surface area contributed by atoms with E-state index in [0.29, 0.717) is 18.6 Å². The molecule has 3 rings (SSSR count). The van der Waals surface area contributed by atoms with Crippen molar-refractivity contribution in [3.05, 3.63) is 16.1 Å². The van der Waals surface area contributed by atoms with Crippen LogP contribution in [0.4, 0.5) is 4.79 Å². The van der Waals surface area contributed by atoms with Gasteiger partial charge in [0.1, 0.15) is 5.01 Å². The number of hydrogen-bond donors (Lipinski definition) is 2. The van der Waals surface area contributed by atoms with Crippen LogP contribution in [0.1, 0.15) is 51.7 Å². The van der Waals surface area contributed by atoms with Crippen LogP contribution in [0.5, 0.6) is 0 Å². The number of ether oxygens (including phenoxy) is 1. The predicted octanol–water partition coefficient (Wildman–Crippen LogP) is 3.05. The molecule has 0 radical (unpaired) electrons. The quantitative estimate of drug-likeness (QED) is 0.891. The molecule has 2 N–H and O–H groups in total. The first-order valence-electron chi connectivity index (χ1n) is 8.30. The average Bonchev–Trinajstić information content (AvgIpc) is 3.09. The van der Waals surface area contributed by atoms with Gasteiger partial charge in [-0.1, -0.05) is 34.6 Å². The topological polar surface area (TPSA) is 63.2 Å². The van der Waals surface area contributed by atoms with Crippen molar-refractivity contribution in [1.82, 2.24) is 15.6 Å². The maximum absolute atomic E-state index is 12.2. The highest BCUT2D eigenvalue weighted by atomic mass is 32.1. The van der Waals surface area contributed by atoms with Gasteiger partial charge in [-0.2, -0.15) is 0 Å². The first kappa shape index (κ1) is 16.7. The summed E-state index contributed by atoms with van der Waals surface area (Å²) in [7, 11) is 0. The fourth-order valence-electron chi connectivity index (χ4n) is 3.70. The number of urea groups is 1. The van der Waals surface area contributed by atoms with E-state index in [2.05, 4.69) is 55.6 Å². The van der Waals surface area contributed by atoms with Crippen LogP contribution in [0.15, 0.2) is 5.38 Å². The van der Waals surface area contributed by atoms with Crippen molar-refractivity contribution in [2.45, 2.75) is 65.1 Å². The molecule has 2 fully saturated rings. The molecular formula is C17H27N3O2S. The largest absolute Gasteiger partial charge is 0.377 e. The molecule has 128 valence electrons. The number of fused-ring (bicyclic) bond motifs is 1. The monoisotopic (exact) mass is 337 g/mol. The Balaban J connectivity index is 1.51. The second-order valence-corrected chi connectivity index (χ2v) is 9.19. The molecule has 1 aliphatic heterocycles. The number of amides is 2. The molecule has 2 aliphatic rings. The summed E-state index contributed by atoms with van der Waals surface area (Å²) in [6.45, 7) is 12.1. The van der Waals surface area contributed by atoms with Gasteiger partial charge in [0.2, 0.25) is 0 Å². The third-order valence-corrected chi connectivity index (χ3v) is 5.96. The molecule has 23 heavy (non-hydrogen) atoms. The van der Waals surface area contributed by atoms with Crippen LogP contribution in [0.3, 0.4) is 0 Å². The number of nitrogens with one attached hydrogen (secondary N) is 2. The van der Waals surface area contributed by atoms with Crippen molar-refractivity contribution in [1.29, 1.82) is 0 Å². The van der Waals surface area contributed by atoms with E-state index in [1.54, 1.807) is 11.3 Å². The molecule has 1 aromatic rings. The van der Waals surface area contributed by atoms with E-state index in [1.807, 2.05) is 0 Å². The fraction of sp³-hybridized carbons (Fsp3) is 0.765. The summed E-state index contributed by atoms with van der Waals surface area (Å²) in [6.07, 6.45) is 1.33. The van der Waals surface area contributed by atoms with E-state index in [9.17, 15) is 4.79 Å². The van der Waals surface area contributed by atoms with Crippen LogP contribution in [0, 0.1) is 11.3 Å². The van der Waals surface area contributed by atoms with Gasteiger partial charge >= 0.3 is 6.03 Å². The zero-order valence-corrected chi connectivity index (χ0v) is 15.4. The van der Waals surface area contributed by atoms with E-state index >= 15 is 0 Å². The van der Waals surface area contributed by atoms with E-state index in [-0.39, 0.29) is 22.9 Å². The minimum atomic E-state index is -0.110. The summed E-state index contributed by atoms with van der Waals surface area (Å²) in [5.74, 6) is 0.461. The molecular weight excluding hydrogens is 310 g/mol. The number of carbonyl (C=O) groups is 1. The molecule has 0 unspecified atom stereocenters. The molecule has 5 nitrogen and oxygen atoms in total. The number of hydrogen-bond acceptors (Lipinski definition) is 4. The summed E-state index contributed by atoms with van der Waals surface area (Å²) >= 11 is 1.60. The third-order valence-electron chi connectivity index (χ3n) is 5.11. The molecule has 2 heterocycles. The van der Waals surface area contributed by atoms with Gasteiger partial charge in [0, 0.05) is 34.8 Å². The van der Waals surface area contributed by atoms with Gasteiger partial charge in [-0.25, -0.2) is 9.78 Å². The van der Waals surface area contributed by atoms with E-state index in [0.717, 1.165) is 23.7 Å². The van der Waals surface area contributed by atoms with Gasteiger partial charge in [0.25, 0.3) is 0 Å². The Kier molecular flexibility index (Phi) is 4.17. The Morgan fingerprint density at radius 1 is 1.48 bits per heavy atom. The minimum absolute atomic E-state index is 0.0130. The maximum atomic E-state index is 12.2. The van der Waals surface area contributed by atoms with Crippen molar-refractivity contribution < 1.29 is 9.53 Å². The zero-order chi connectivity index (χ0) is 16.8. The van der Waals surface area contributed by atoms with Gasteiger partial charge in [0.05, 0.1) is 18.3 Å². The third kappa shape index (κ3) is 3.11. The summed E-state index contributed by atoms with van der Waals surface area (Å²) < 4.78 is 5.76. The SMILES string of the molecule is CC(C)(C)c1csc(CNC(=O)N[C@@H]2[C@@H]3CCO[C@@H]3C2(C)C)n1. The molecule has 2 amide bonds. The van der Waals surface area contributed by atoms with Gasteiger partial charge in [-0.15, -0.1) is 11.3 Å². The first-order valence-corrected chi connectivity index (χ1v) is 9.18. The van der Waals surface area contributed by atoms with Crippen LogP contribution in [0.25, 0.3) is 0 Å². The van der Waals surface area contributed by atoms with Crippen molar-refractivity contribution in [3.8, 4) is 0 Å². The highest BCUT2D eigenvalue weighted by Crippen LogP contribution is 2.52. The highest BCUT2D eigenvalue weighted by Gasteiger charge is 2.59. The van der Waals surface area contributed by atoms with Crippen molar-refractivity contribution in [2.75, 3.05) is 6.61 Å². The lowest BCUT2D eigenvalue weighted by Gasteiger charge is -2.54. The molecule has 0 aromatic carbocycles. The van der Waals surface area contributed by atoms with Crippen LogP contribution in [-0.2, 0) is 16.7 Å². The van der Waals surface area contributed by atoms with E-state index < -0.39 is 0 Å². The molecule has 0 bridgehead atoms. The van der Waals surface area contributed by atoms with Gasteiger partial charge in [-0.3, -0.25) is 0 Å². The highest BCUT2D eigenvalue weighted by molar-refractivity contribution is 7.09. The standard InChI is InChI=1S/C17H27N3O2S/c1-16(2,3)11-9-23-12(19-11)8-18-15(21)20-13-10-6-7-22-14(10)17(13,4)5/h9-10,13-14H,6-8H2,1-5H3,(H2,18,20,21)/t10-,13+,14-/m0/s1. The Labute approximate surface area is 142 Å². The van der Waals surface area contributed by atoms with E-state index in [1.165, 1.54) is 0 Å². The lowest BCUT2D eigenvalue weighted by atomic mass is 9.57. The molecule has 1 aromatic heterocycles. The van der Waals surface area contributed by atoms with Gasteiger partial charge in [-0.05, 0) is 6.42 Å². The molecule has 1 aliphatic carbocycles. The van der Waals surface area contributed by atoms with Crippen LogP contribution in [0.2, 0.25) is 0 Å². The lowest BCUT2D eigenvalue weighted by molar-refractivity contribution is -0.108. The maximum Gasteiger partial charge on any atom is 0.315 e. The smallest absolute Gasteiger partial charge is 0.315 e. The van der Waals surface area contributed by atoms with E-state index in [4.69, 9.17) is 4.74 Å². The summed E-state index contributed by atoms with van der Waals surface area (Å²) in [6, 6.07) is 0.0809. The van der Waals surface area contributed by atoms with Crippen molar-refractivity contribution in [2.24, 2.45) is 11.3 Å². The first-order chi connectivity index (χ1) is 10.7. The Morgan fingerprint density at radius 2 is 2.22 bits per heavy atom. The summed E-state index contributed by atoms with van der Waals surface area (Å²) in [5.41, 5.74) is 1.13. The fourth-order valence-corrected chi connectivity index (χ4v) is 4.66. The Bertz CT molecular complexity index is 591. The number of thiazole rings is 1. The lowest BCUT2D eigenvalue weighted by Crippen LogP contribution is -2.67. The molecule has 0 spiro atoms. The number of rotatable bonds is 3. The normalized spacial score (nSPS) is 28.8. The van der Waals surface area contributed by atoms with Gasteiger partial charge in [0.15, 0.2) is 0 Å². The molecule has 1 saturated carbocycles. The van der Waals surface area contributed by atoms with Crippen LogP contribution < -0.4 is 10.6 Å². The summed E-state index contributed by atoms with van der Waals surface area (Å²) in [5, 5.41) is 9.09. The Hall–Kier alpha value is -1.14. The summed E-state index contributed by atoms with van der Waals surface area (Å²) in [4.78, 5) is 16.8.